The van der Waals surface area contributed by atoms with Crippen molar-refractivity contribution < 1.29 is 13.6 Å². The highest BCUT2D eigenvalue weighted by Crippen LogP contribution is 2.28. The van der Waals surface area contributed by atoms with Gasteiger partial charge in [0.2, 0.25) is 0 Å². The number of amides is 1. The zero-order valence-corrected chi connectivity index (χ0v) is 14.3. The van der Waals surface area contributed by atoms with Crippen molar-refractivity contribution in [2.24, 2.45) is 0 Å². The highest BCUT2D eigenvalue weighted by atomic mass is 19.1. The summed E-state index contributed by atoms with van der Waals surface area (Å²) in [6.07, 6.45) is 3.14. The molecule has 0 spiro atoms. The first-order valence-corrected chi connectivity index (χ1v) is 8.72. The summed E-state index contributed by atoms with van der Waals surface area (Å²) in [7, 11) is 0. The van der Waals surface area contributed by atoms with Gasteiger partial charge in [0.15, 0.2) is 5.89 Å². The van der Waals surface area contributed by atoms with Crippen molar-refractivity contribution >= 4 is 5.91 Å². The van der Waals surface area contributed by atoms with Gasteiger partial charge in [0.25, 0.3) is 5.91 Å². The first kappa shape index (κ1) is 16.5. The molecule has 26 heavy (non-hydrogen) atoms. The van der Waals surface area contributed by atoms with Crippen molar-refractivity contribution in [3.8, 4) is 0 Å². The van der Waals surface area contributed by atoms with Crippen molar-refractivity contribution in [1.29, 1.82) is 0 Å². The number of carbonyl (C=O) groups excluding carboxylic acids is 1. The number of hydrogen-bond donors (Lipinski definition) is 0. The molecule has 1 saturated heterocycles. The van der Waals surface area contributed by atoms with Crippen molar-refractivity contribution in [3.63, 3.8) is 0 Å². The van der Waals surface area contributed by atoms with Gasteiger partial charge in [-0.3, -0.25) is 4.79 Å². The lowest BCUT2D eigenvalue weighted by Crippen LogP contribution is -2.28. The monoisotopic (exact) mass is 350 g/mol. The third-order valence-corrected chi connectivity index (χ3v) is 4.71. The van der Waals surface area contributed by atoms with E-state index < -0.39 is 0 Å². The first-order chi connectivity index (χ1) is 12.7. The predicted octanol–water partition coefficient (Wildman–Crippen LogP) is 4.03. The molecule has 4 nitrogen and oxygen atoms in total. The molecule has 132 valence electrons. The number of aromatic nitrogens is 1. The van der Waals surface area contributed by atoms with E-state index in [1.165, 1.54) is 12.1 Å². The molecule has 1 unspecified atom stereocenters. The van der Waals surface area contributed by atoms with Crippen molar-refractivity contribution in [3.05, 3.63) is 89.4 Å². The summed E-state index contributed by atoms with van der Waals surface area (Å²) in [4.78, 5) is 18.8. The van der Waals surface area contributed by atoms with Crippen molar-refractivity contribution in [2.45, 2.75) is 18.8 Å². The molecule has 2 aromatic carbocycles. The van der Waals surface area contributed by atoms with Gasteiger partial charge in [-0.05, 0) is 36.2 Å². The van der Waals surface area contributed by atoms with Crippen LogP contribution in [0.2, 0.25) is 0 Å². The van der Waals surface area contributed by atoms with E-state index in [4.69, 9.17) is 4.42 Å². The van der Waals surface area contributed by atoms with E-state index in [0.29, 0.717) is 31.0 Å². The maximum absolute atomic E-state index is 13.0. The second-order valence-electron chi connectivity index (χ2n) is 6.57. The van der Waals surface area contributed by atoms with Crippen LogP contribution in [0, 0.1) is 5.82 Å². The molecule has 0 N–H and O–H groups in total. The van der Waals surface area contributed by atoms with Gasteiger partial charge in [0.1, 0.15) is 11.6 Å². The Morgan fingerprint density at radius 1 is 1.15 bits per heavy atom. The Kier molecular flexibility index (Phi) is 4.52. The first-order valence-electron chi connectivity index (χ1n) is 8.72. The van der Waals surface area contributed by atoms with E-state index in [1.54, 1.807) is 18.3 Å². The van der Waals surface area contributed by atoms with Crippen LogP contribution in [0.4, 0.5) is 4.39 Å². The zero-order valence-electron chi connectivity index (χ0n) is 14.3. The smallest absolute Gasteiger partial charge is 0.253 e. The Balaban J connectivity index is 1.41. The van der Waals surface area contributed by atoms with Gasteiger partial charge in [-0.2, -0.15) is 0 Å². The fourth-order valence-electron chi connectivity index (χ4n) is 3.31. The van der Waals surface area contributed by atoms with Crippen LogP contribution in [0.25, 0.3) is 0 Å². The molecule has 3 aromatic rings. The predicted molar refractivity (Wildman–Crippen MR) is 95.4 cm³/mol. The normalized spacial score (nSPS) is 16.8. The van der Waals surface area contributed by atoms with Crippen LogP contribution in [0.3, 0.4) is 0 Å². The lowest BCUT2D eigenvalue weighted by atomic mass is 10.1. The van der Waals surface area contributed by atoms with Crippen LogP contribution < -0.4 is 0 Å². The summed E-state index contributed by atoms with van der Waals surface area (Å²) in [5, 5.41) is 0. The summed E-state index contributed by atoms with van der Waals surface area (Å²) in [5.74, 6) is 1.34. The number of hydrogen-bond acceptors (Lipinski definition) is 3. The van der Waals surface area contributed by atoms with Gasteiger partial charge >= 0.3 is 0 Å². The van der Waals surface area contributed by atoms with E-state index in [0.717, 1.165) is 17.7 Å². The van der Waals surface area contributed by atoms with Crippen LogP contribution in [0.5, 0.6) is 0 Å². The summed E-state index contributed by atoms with van der Waals surface area (Å²) in [6, 6.07) is 15.7. The van der Waals surface area contributed by atoms with Crippen LogP contribution >= 0.6 is 0 Å². The average Bonchev–Trinajstić information content (AvgIpc) is 3.33. The van der Waals surface area contributed by atoms with Gasteiger partial charge in [0.05, 0.1) is 12.1 Å². The number of benzene rings is 2. The molecule has 0 bridgehead atoms. The fraction of sp³-hybridized carbons (Fsp3) is 0.238. The highest BCUT2D eigenvalue weighted by molar-refractivity contribution is 5.94. The summed E-state index contributed by atoms with van der Waals surface area (Å²) < 4.78 is 18.9. The van der Waals surface area contributed by atoms with Crippen LogP contribution in [0.15, 0.2) is 65.2 Å². The summed E-state index contributed by atoms with van der Waals surface area (Å²) in [6.45, 7) is 1.32. The minimum absolute atomic E-state index is 0.0474. The minimum Gasteiger partial charge on any atom is -0.445 e. The van der Waals surface area contributed by atoms with E-state index in [-0.39, 0.29) is 17.6 Å². The Hall–Kier alpha value is -2.95. The third kappa shape index (κ3) is 3.52. The molecule has 4 rings (SSSR count). The molecule has 1 fully saturated rings. The Morgan fingerprint density at radius 2 is 1.92 bits per heavy atom. The molecule has 1 amide bonds. The van der Waals surface area contributed by atoms with Crippen molar-refractivity contribution in [1.82, 2.24) is 9.88 Å². The molecule has 0 saturated carbocycles. The number of likely N-dealkylation sites (tertiary alicyclic amines) is 1. The molecular formula is C21H19FN2O2. The van der Waals surface area contributed by atoms with Gasteiger partial charge in [-0.25, -0.2) is 9.37 Å². The Bertz CT molecular complexity index is 890. The lowest BCUT2D eigenvalue weighted by molar-refractivity contribution is 0.0790. The number of oxazole rings is 1. The van der Waals surface area contributed by atoms with Gasteiger partial charge in [-0.15, -0.1) is 0 Å². The molecule has 0 aliphatic carbocycles. The Morgan fingerprint density at radius 3 is 2.69 bits per heavy atom. The maximum Gasteiger partial charge on any atom is 0.253 e. The fourth-order valence-corrected chi connectivity index (χ4v) is 3.31. The molecule has 5 heteroatoms. The van der Waals surface area contributed by atoms with E-state index in [2.05, 4.69) is 4.98 Å². The SMILES string of the molecule is O=C(c1ccccc1)N1CCC(c2ncc(Cc3ccc(F)cc3)o2)C1. The number of carbonyl (C=O) groups is 1. The standard InChI is InChI=1S/C21H19FN2O2/c22-18-8-6-15(7-9-18)12-19-13-23-20(26-19)17-10-11-24(14-17)21(25)16-4-2-1-3-5-16/h1-9,13,17H,10-12,14H2. The molecule has 1 aliphatic rings. The summed E-state index contributed by atoms with van der Waals surface area (Å²) in [5.41, 5.74) is 1.68. The molecule has 1 aliphatic heterocycles. The largest absolute Gasteiger partial charge is 0.445 e. The topological polar surface area (TPSA) is 46.3 Å². The van der Waals surface area contributed by atoms with E-state index in [9.17, 15) is 9.18 Å². The van der Waals surface area contributed by atoms with E-state index in [1.807, 2.05) is 35.2 Å². The maximum atomic E-state index is 13.0. The Labute approximate surface area is 151 Å². The quantitative estimate of drug-likeness (QED) is 0.714. The zero-order chi connectivity index (χ0) is 17.9. The number of nitrogens with zero attached hydrogens (tertiary/aromatic N) is 2. The third-order valence-electron chi connectivity index (χ3n) is 4.71. The van der Waals surface area contributed by atoms with Gasteiger partial charge in [0, 0.05) is 25.1 Å². The number of halogens is 1. The number of rotatable bonds is 4. The molecule has 1 atom stereocenters. The van der Waals surface area contributed by atoms with Crippen molar-refractivity contribution in [2.75, 3.05) is 13.1 Å². The second kappa shape index (κ2) is 7.12. The van der Waals surface area contributed by atoms with Crippen LogP contribution in [-0.4, -0.2) is 28.9 Å². The second-order valence-corrected chi connectivity index (χ2v) is 6.57. The lowest BCUT2D eigenvalue weighted by Gasteiger charge is -2.15. The average molecular weight is 350 g/mol. The highest BCUT2D eigenvalue weighted by Gasteiger charge is 2.30. The molecular weight excluding hydrogens is 331 g/mol. The van der Waals surface area contributed by atoms with Crippen LogP contribution in [0.1, 0.15) is 39.9 Å². The molecule has 0 radical (unpaired) electrons. The van der Waals surface area contributed by atoms with Crippen LogP contribution in [-0.2, 0) is 6.42 Å². The summed E-state index contributed by atoms with van der Waals surface area (Å²) >= 11 is 0. The minimum atomic E-state index is -0.249. The molecule has 1 aromatic heterocycles. The molecule has 2 heterocycles. The van der Waals surface area contributed by atoms with Gasteiger partial charge < -0.3 is 9.32 Å². The van der Waals surface area contributed by atoms with Gasteiger partial charge in [-0.1, -0.05) is 30.3 Å². The van der Waals surface area contributed by atoms with E-state index >= 15 is 0 Å².